The van der Waals surface area contributed by atoms with E-state index in [4.69, 9.17) is 61.6 Å². The van der Waals surface area contributed by atoms with Gasteiger partial charge in [0, 0.05) is 70.5 Å². The molecule has 8 rings (SSSR count). The van der Waals surface area contributed by atoms with Crippen molar-refractivity contribution in [2.45, 2.75) is 254 Å². The van der Waals surface area contributed by atoms with Gasteiger partial charge in [0.1, 0.15) is 59.7 Å². The maximum absolute atomic E-state index is 13.4. The number of aliphatic hydroxyl groups is 4. The molecule has 25 atom stereocenters. The van der Waals surface area contributed by atoms with E-state index in [0.29, 0.717) is 56.9 Å². The number of allylic oxidation sites excluding steroid dienone is 1. The third-order valence-corrected chi connectivity index (χ3v) is 19.0. The summed E-state index contributed by atoms with van der Waals surface area (Å²) in [6.07, 6.45) is -4.23. The van der Waals surface area contributed by atoms with Gasteiger partial charge in [-0.3, -0.25) is 4.79 Å². The standard InChI is InChI=1S/C54H86O19/c1-14-26(2)49(58)70-39-25-38-51(8)18-16-33(21-32(51)15-19-53(38,59)54(60)20-17-34(27(3)55)52(39,54)9)69-40-22-35(61-10)45(29(5)65-40)71-41-23-36(62-11)46(30(6)66-41)72-42-24-37(63-12)47(31(7)67-42)73-50-44(57)48(64-13)43(56)28(4)68-50/h14-15,28-31,33-48,50,56-57,59-60H,16-25H2,1-13H3/b26-14+/t28-,29-,30-,31-,33+,34+,35+,36+,37+,38-,39-,40+,41+,42+,43-,44-,45-,46-,47-,48+,50+,51+,52+,53+,54-/m1/s1. The summed E-state index contributed by atoms with van der Waals surface area (Å²) in [5.41, 5.74) is -3.32. The predicted octanol–water partition coefficient (Wildman–Crippen LogP) is 4.34. The number of carbonyl (C=O) groups excluding carboxylic acids is 2. The number of ether oxygens (including phenoxy) is 13. The van der Waals surface area contributed by atoms with Crippen LogP contribution >= 0.6 is 0 Å². The van der Waals surface area contributed by atoms with E-state index in [1.165, 1.54) is 14.0 Å². The number of hydrogen-bond donors (Lipinski definition) is 4. The maximum atomic E-state index is 13.4. The molecule has 0 spiro atoms. The van der Waals surface area contributed by atoms with E-state index in [-0.39, 0.29) is 30.8 Å². The molecule has 19 heteroatoms. The van der Waals surface area contributed by atoms with Crippen molar-refractivity contribution in [1.29, 1.82) is 0 Å². The highest BCUT2D eigenvalue weighted by atomic mass is 16.8. The second-order valence-corrected chi connectivity index (χ2v) is 22.8. The Labute approximate surface area is 431 Å². The van der Waals surface area contributed by atoms with Crippen LogP contribution in [0.15, 0.2) is 23.3 Å². The summed E-state index contributed by atoms with van der Waals surface area (Å²) < 4.78 is 81.0. The van der Waals surface area contributed by atoms with Crippen molar-refractivity contribution in [2.75, 3.05) is 28.4 Å². The van der Waals surface area contributed by atoms with E-state index >= 15 is 0 Å². The number of carbonyl (C=O) groups is 2. The zero-order valence-electron chi connectivity index (χ0n) is 45.3. The molecule has 0 unspecified atom stereocenters. The topological polar surface area (TPSA) is 235 Å². The number of methoxy groups -OCH3 is 4. The summed E-state index contributed by atoms with van der Waals surface area (Å²) >= 11 is 0. The Bertz CT molecular complexity index is 2000. The minimum atomic E-state index is -1.66. The quantitative estimate of drug-likeness (QED) is 0.101. The van der Waals surface area contributed by atoms with Crippen LogP contribution in [0.2, 0.25) is 0 Å². The summed E-state index contributed by atoms with van der Waals surface area (Å²) in [6, 6.07) is 0. The summed E-state index contributed by atoms with van der Waals surface area (Å²) in [5.74, 6) is -1.57. The van der Waals surface area contributed by atoms with Crippen molar-refractivity contribution in [3.05, 3.63) is 23.3 Å². The molecule has 4 N–H and O–H groups in total. The van der Waals surface area contributed by atoms with Gasteiger partial charge < -0.3 is 82.0 Å². The first-order chi connectivity index (χ1) is 34.5. The normalized spacial score (nSPS) is 50.3. The van der Waals surface area contributed by atoms with Crippen LogP contribution in [0.1, 0.15) is 127 Å². The second-order valence-electron chi connectivity index (χ2n) is 22.8. The van der Waals surface area contributed by atoms with Gasteiger partial charge in [0.25, 0.3) is 0 Å². The fourth-order valence-electron chi connectivity index (χ4n) is 14.5. The third kappa shape index (κ3) is 10.2. The highest BCUT2D eigenvalue weighted by molar-refractivity contribution is 5.88. The molecule has 4 heterocycles. The molecular formula is C54H86O19. The van der Waals surface area contributed by atoms with Gasteiger partial charge in [0.05, 0.1) is 48.8 Å². The maximum Gasteiger partial charge on any atom is 0.333 e. The first kappa shape index (κ1) is 57.2. The Kier molecular flexibility index (Phi) is 17.5. The third-order valence-electron chi connectivity index (χ3n) is 19.0. The molecule has 0 radical (unpaired) electrons. The van der Waals surface area contributed by atoms with Crippen LogP contribution in [-0.2, 0) is 71.2 Å². The second kappa shape index (κ2) is 22.4. The lowest BCUT2D eigenvalue weighted by Crippen LogP contribution is -2.75. The molecule has 7 fully saturated rings. The molecule has 0 amide bonds. The van der Waals surface area contributed by atoms with Crippen LogP contribution < -0.4 is 0 Å². The summed E-state index contributed by atoms with van der Waals surface area (Å²) in [6.45, 7) is 16.4. The molecule has 4 aliphatic carbocycles. The number of esters is 1. The predicted molar refractivity (Wildman–Crippen MR) is 259 cm³/mol. The van der Waals surface area contributed by atoms with Gasteiger partial charge in [0.15, 0.2) is 25.2 Å². The van der Waals surface area contributed by atoms with Crippen molar-refractivity contribution in [3.8, 4) is 0 Å². The monoisotopic (exact) mass is 1040 g/mol. The molecule has 0 aromatic heterocycles. The molecule has 0 bridgehead atoms. The molecule has 73 heavy (non-hydrogen) atoms. The fraction of sp³-hybridized carbons (Fsp3) is 0.889. The van der Waals surface area contributed by atoms with Crippen LogP contribution in [0.3, 0.4) is 0 Å². The molecule has 19 nitrogen and oxygen atoms in total. The van der Waals surface area contributed by atoms with Gasteiger partial charge in [-0.05, 0) is 98.8 Å². The molecule has 8 aliphatic rings. The molecule has 4 saturated heterocycles. The number of Topliss-reactive ketones (excluding diaryl/α,β-unsaturated/α-hetero) is 1. The van der Waals surface area contributed by atoms with Crippen LogP contribution in [0.5, 0.6) is 0 Å². The fourth-order valence-corrected chi connectivity index (χ4v) is 14.5. The number of hydrogen-bond acceptors (Lipinski definition) is 19. The Morgan fingerprint density at radius 1 is 0.671 bits per heavy atom. The average Bonchev–Trinajstić information content (AvgIpc) is 3.65. The number of fused-ring (bicyclic) bond motifs is 5. The molecule has 0 aromatic rings. The molecular weight excluding hydrogens is 953 g/mol. The highest BCUT2D eigenvalue weighted by Gasteiger charge is 2.77. The Morgan fingerprint density at radius 3 is 1.71 bits per heavy atom. The molecule has 4 aliphatic heterocycles. The van der Waals surface area contributed by atoms with Crippen molar-refractivity contribution in [1.82, 2.24) is 0 Å². The van der Waals surface area contributed by atoms with Gasteiger partial charge in [-0.15, -0.1) is 0 Å². The van der Waals surface area contributed by atoms with Crippen molar-refractivity contribution in [3.63, 3.8) is 0 Å². The zero-order valence-corrected chi connectivity index (χ0v) is 45.3. The van der Waals surface area contributed by atoms with Gasteiger partial charge >= 0.3 is 5.97 Å². The SMILES string of the molecule is C/C=C(\C)C(=O)O[C@@H]1C[C@@H]2[C@@]3(C)CC[C@H](O[C@H]4C[C@H](OC)[C@H](O[C@H]5C[C@H](OC)[C@H](O[C@H]6C[C@H](OC)[C@H](O[C@@H]7O[C@H](C)[C@@H](O)[C@H](OC)[C@H]7O)[C@@H](C)O6)[C@@H](C)O5)[C@@H](C)O4)CC3=CC[C@@]2(O)[C@@]2(O)CC[C@@H](C(C)=O)[C@@]12C. The van der Waals surface area contributed by atoms with E-state index in [9.17, 15) is 30.0 Å². The lowest BCUT2D eigenvalue weighted by molar-refractivity contribution is -0.355. The van der Waals surface area contributed by atoms with Gasteiger partial charge in [0.2, 0.25) is 0 Å². The van der Waals surface area contributed by atoms with Crippen molar-refractivity contribution in [2.24, 2.45) is 22.7 Å². The Morgan fingerprint density at radius 2 is 1.21 bits per heavy atom. The number of rotatable bonds is 15. The van der Waals surface area contributed by atoms with Gasteiger partial charge in [-0.1, -0.05) is 31.6 Å². The lowest BCUT2D eigenvalue weighted by Gasteiger charge is -2.66. The summed E-state index contributed by atoms with van der Waals surface area (Å²) in [7, 11) is 6.27. The largest absolute Gasteiger partial charge is 0.458 e. The highest BCUT2D eigenvalue weighted by Crippen LogP contribution is 2.70. The van der Waals surface area contributed by atoms with Crippen LogP contribution in [0.4, 0.5) is 0 Å². The van der Waals surface area contributed by atoms with Crippen LogP contribution in [0, 0.1) is 22.7 Å². The van der Waals surface area contributed by atoms with Crippen LogP contribution in [0.25, 0.3) is 0 Å². The number of ketones is 1. The minimum Gasteiger partial charge on any atom is -0.458 e. The summed E-state index contributed by atoms with van der Waals surface area (Å²) in [4.78, 5) is 26.5. The minimum absolute atomic E-state index is 0.0797. The van der Waals surface area contributed by atoms with Crippen molar-refractivity contribution >= 4 is 11.8 Å². The van der Waals surface area contributed by atoms with E-state index in [2.05, 4.69) is 13.0 Å². The van der Waals surface area contributed by atoms with Crippen molar-refractivity contribution < 1.29 is 91.6 Å². The zero-order chi connectivity index (χ0) is 53.1. The first-order valence-corrected chi connectivity index (χ1v) is 26.7. The summed E-state index contributed by atoms with van der Waals surface area (Å²) in [5, 5.41) is 47.1. The van der Waals surface area contributed by atoms with Gasteiger partial charge in [-0.2, -0.15) is 0 Å². The lowest BCUT2D eigenvalue weighted by atomic mass is 9.43. The van der Waals surface area contributed by atoms with Crippen LogP contribution in [-0.4, -0.2) is 189 Å². The van der Waals surface area contributed by atoms with E-state index in [1.807, 2.05) is 27.7 Å². The average molecular weight is 1040 g/mol. The van der Waals surface area contributed by atoms with Gasteiger partial charge in [-0.25, -0.2) is 4.79 Å². The number of aliphatic hydroxyl groups excluding tert-OH is 2. The van der Waals surface area contributed by atoms with E-state index in [1.54, 1.807) is 48.2 Å². The first-order valence-electron chi connectivity index (χ1n) is 26.7. The molecule has 0 aromatic carbocycles. The molecule has 3 saturated carbocycles. The Balaban J connectivity index is 0.867. The Hall–Kier alpha value is -2.02. The smallest absolute Gasteiger partial charge is 0.333 e. The molecule has 416 valence electrons. The van der Waals surface area contributed by atoms with E-state index < -0.39 is 144 Å². The van der Waals surface area contributed by atoms with E-state index in [0.717, 1.165) is 5.57 Å².